The monoisotopic (exact) mass is 398 g/mol. The minimum atomic E-state index is -2.91. The van der Waals surface area contributed by atoms with Crippen molar-refractivity contribution in [2.45, 2.75) is 51.8 Å². The van der Waals surface area contributed by atoms with Crippen molar-refractivity contribution in [2.24, 2.45) is 4.99 Å². The molecule has 0 amide bonds. The number of nitrogens with zero attached hydrogens (tertiary/aromatic N) is 2. The molecule has 1 aromatic rings. The van der Waals surface area contributed by atoms with E-state index in [9.17, 15) is 8.78 Å². The van der Waals surface area contributed by atoms with Crippen LogP contribution in [0.25, 0.3) is 0 Å². The largest absolute Gasteiger partial charge is 0.490 e. The fourth-order valence-electron chi connectivity index (χ4n) is 3.47. The van der Waals surface area contributed by atoms with E-state index in [1.807, 2.05) is 0 Å². The number of ether oxygens (including phenoxy) is 2. The number of guanidine groups is 1. The van der Waals surface area contributed by atoms with Crippen LogP contribution >= 0.6 is 0 Å². The lowest BCUT2D eigenvalue weighted by molar-refractivity contribution is -0.0520. The van der Waals surface area contributed by atoms with E-state index in [0.717, 1.165) is 13.1 Å². The van der Waals surface area contributed by atoms with Crippen LogP contribution in [0, 0.1) is 0 Å². The molecule has 1 fully saturated rings. The molecule has 6 nitrogen and oxygen atoms in total. The van der Waals surface area contributed by atoms with E-state index in [2.05, 4.69) is 27.6 Å². The van der Waals surface area contributed by atoms with E-state index in [1.165, 1.54) is 25.7 Å². The Balaban J connectivity index is 1.89. The molecule has 0 unspecified atom stereocenters. The molecular weight excluding hydrogens is 366 g/mol. The Morgan fingerprint density at radius 2 is 2.04 bits per heavy atom. The van der Waals surface area contributed by atoms with Gasteiger partial charge in [-0.2, -0.15) is 8.78 Å². The van der Waals surface area contributed by atoms with E-state index in [1.54, 1.807) is 32.2 Å². The molecule has 0 bridgehead atoms. The Bertz CT molecular complexity index is 622. The van der Waals surface area contributed by atoms with Crippen molar-refractivity contribution in [1.29, 1.82) is 0 Å². The summed E-state index contributed by atoms with van der Waals surface area (Å²) in [5, 5.41) is 6.42. The Morgan fingerprint density at radius 1 is 1.29 bits per heavy atom. The quantitative estimate of drug-likeness (QED) is 0.468. The van der Waals surface area contributed by atoms with Gasteiger partial charge in [0.15, 0.2) is 17.5 Å². The molecule has 8 heteroatoms. The zero-order valence-corrected chi connectivity index (χ0v) is 17.0. The molecule has 158 valence electrons. The van der Waals surface area contributed by atoms with Gasteiger partial charge in [0.05, 0.1) is 6.61 Å². The van der Waals surface area contributed by atoms with Crippen LogP contribution in [0.4, 0.5) is 8.78 Å². The standard InChI is InChI=1S/C20H32F2N4O2/c1-4-27-17-11-7-8-15(18(17)28-19(21)22)14-25-20(23-2)24-12-13-26(3)16-9-5-6-10-16/h7-8,11,16,19H,4-6,9-10,12-14H2,1-3H3,(H2,23,24,25). The van der Waals surface area contributed by atoms with Gasteiger partial charge in [0.2, 0.25) is 0 Å². The van der Waals surface area contributed by atoms with Gasteiger partial charge in [-0.25, -0.2) is 0 Å². The lowest BCUT2D eigenvalue weighted by Gasteiger charge is -2.24. The number of halogens is 2. The number of benzene rings is 1. The number of rotatable bonds is 10. The summed E-state index contributed by atoms with van der Waals surface area (Å²) in [7, 11) is 3.84. The van der Waals surface area contributed by atoms with Gasteiger partial charge in [-0.15, -0.1) is 0 Å². The summed E-state index contributed by atoms with van der Waals surface area (Å²) in [6.45, 7) is 1.22. The van der Waals surface area contributed by atoms with Crippen LogP contribution in [0.1, 0.15) is 38.2 Å². The van der Waals surface area contributed by atoms with Crippen molar-refractivity contribution in [2.75, 3.05) is 33.8 Å². The van der Waals surface area contributed by atoms with Crippen molar-refractivity contribution in [3.8, 4) is 11.5 Å². The first-order valence-corrected chi connectivity index (χ1v) is 9.89. The van der Waals surface area contributed by atoms with E-state index >= 15 is 0 Å². The van der Waals surface area contributed by atoms with Crippen LogP contribution < -0.4 is 20.1 Å². The lowest BCUT2D eigenvalue weighted by Crippen LogP contribution is -2.42. The zero-order valence-electron chi connectivity index (χ0n) is 17.0. The van der Waals surface area contributed by atoms with Crippen LogP contribution in [0.2, 0.25) is 0 Å². The average Bonchev–Trinajstić information content (AvgIpc) is 3.21. The third-order valence-corrected chi connectivity index (χ3v) is 4.94. The Hall–Kier alpha value is -2.09. The molecule has 28 heavy (non-hydrogen) atoms. The van der Waals surface area contributed by atoms with Gasteiger partial charge >= 0.3 is 6.61 Å². The predicted molar refractivity (Wildman–Crippen MR) is 107 cm³/mol. The molecule has 1 aliphatic carbocycles. The van der Waals surface area contributed by atoms with Crippen LogP contribution in [0.5, 0.6) is 11.5 Å². The number of aliphatic imine (C=N–C) groups is 1. The molecule has 1 saturated carbocycles. The number of alkyl halides is 2. The van der Waals surface area contributed by atoms with Crippen LogP contribution in [-0.2, 0) is 6.54 Å². The molecule has 2 rings (SSSR count). The summed E-state index contributed by atoms with van der Waals surface area (Å²) in [4.78, 5) is 6.58. The maximum absolute atomic E-state index is 12.8. The Morgan fingerprint density at radius 3 is 2.68 bits per heavy atom. The third kappa shape index (κ3) is 6.82. The van der Waals surface area contributed by atoms with E-state index in [4.69, 9.17) is 9.47 Å². The zero-order chi connectivity index (χ0) is 20.4. The maximum Gasteiger partial charge on any atom is 0.387 e. The van der Waals surface area contributed by atoms with Crippen LogP contribution in [0.15, 0.2) is 23.2 Å². The second-order valence-electron chi connectivity index (χ2n) is 6.83. The lowest BCUT2D eigenvalue weighted by atomic mass is 10.2. The maximum atomic E-state index is 12.8. The van der Waals surface area contributed by atoms with Gasteiger partial charge < -0.3 is 25.0 Å². The number of likely N-dealkylation sites (N-methyl/N-ethyl adjacent to an activating group) is 1. The first-order valence-electron chi connectivity index (χ1n) is 9.89. The minimum absolute atomic E-state index is 0.0586. The first kappa shape index (κ1) is 22.2. The van der Waals surface area contributed by atoms with Crippen molar-refractivity contribution >= 4 is 5.96 Å². The van der Waals surface area contributed by atoms with Gasteiger partial charge in [0.1, 0.15) is 0 Å². The van der Waals surface area contributed by atoms with Crippen LogP contribution in [0.3, 0.4) is 0 Å². The van der Waals surface area contributed by atoms with Crippen molar-refractivity contribution in [3.63, 3.8) is 0 Å². The number of nitrogens with one attached hydrogen (secondary N) is 2. The minimum Gasteiger partial charge on any atom is -0.490 e. The summed E-state index contributed by atoms with van der Waals surface area (Å²) in [6.07, 6.45) is 5.17. The van der Waals surface area contributed by atoms with Gasteiger partial charge in [0, 0.05) is 38.3 Å². The highest BCUT2D eigenvalue weighted by atomic mass is 19.3. The fourth-order valence-corrected chi connectivity index (χ4v) is 3.47. The molecule has 0 spiro atoms. The number of para-hydroxylation sites is 1. The second-order valence-corrected chi connectivity index (χ2v) is 6.83. The molecule has 0 saturated heterocycles. The highest BCUT2D eigenvalue weighted by Gasteiger charge is 2.19. The summed E-state index contributed by atoms with van der Waals surface area (Å²) < 4.78 is 35.7. The third-order valence-electron chi connectivity index (χ3n) is 4.94. The molecule has 1 aliphatic rings. The van der Waals surface area contributed by atoms with E-state index < -0.39 is 6.61 Å². The molecule has 0 aromatic heterocycles. The second kappa shape index (κ2) is 11.7. The topological polar surface area (TPSA) is 58.1 Å². The fraction of sp³-hybridized carbons (Fsp3) is 0.650. The molecule has 0 radical (unpaired) electrons. The normalized spacial score (nSPS) is 15.3. The highest BCUT2D eigenvalue weighted by molar-refractivity contribution is 5.79. The molecule has 2 N–H and O–H groups in total. The number of hydrogen-bond donors (Lipinski definition) is 2. The van der Waals surface area contributed by atoms with Gasteiger partial charge in [-0.1, -0.05) is 25.0 Å². The molecule has 1 aromatic carbocycles. The van der Waals surface area contributed by atoms with Crippen molar-refractivity contribution in [3.05, 3.63) is 23.8 Å². The molecular formula is C20H32F2N4O2. The summed E-state index contributed by atoms with van der Waals surface area (Å²) in [5.74, 6) is 0.983. The molecule has 0 atom stereocenters. The Kier molecular flexibility index (Phi) is 9.27. The summed E-state index contributed by atoms with van der Waals surface area (Å²) in [5.41, 5.74) is 0.581. The summed E-state index contributed by atoms with van der Waals surface area (Å²) >= 11 is 0. The van der Waals surface area contributed by atoms with Gasteiger partial charge in [-0.3, -0.25) is 4.99 Å². The van der Waals surface area contributed by atoms with E-state index in [0.29, 0.717) is 36.5 Å². The van der Waals surface area contributed by atoms with Crippen molar-refractivity contribution < 1.29 is 18.3 Å². The van der Waals surface area contributed by atoms with Gasteiger partial charge in [-0.05, 0) is 32.9 Å². The molecule has 0 aliphatic heterocycles. The highest BCUT2D eigenvalue weighted by Crippen LogP contribution is 2.32. The predicted octanol–water partition coefficient (Wildman–Crippen LogP) is 3.23. The van der Waals surface area contributed by atoms with Crippen LogP contribution in [-0.4, -0.2) is 57.3 Å². The van der Waals surface area contributed by atoms with Gasteiger partial charge in [0.25, 0.3) is 0 Å². The Labute approximate surface area is 166 Å². The average molecular weight is 398 g/mol. The van der Waals surface area contributed by atoms with Crippen molar-refractivity contribution in [1.82, 2.24) is 15.5 Å². The summed E-state index contributed by atoms with van der Waals surface area (Å²) in [6, 6.07) is 5.78. The SMILES string of the molecule is CCOc1cccc(CNC(=NC)NCCN(C)C2CCCC2)c1OC(F)F. The number of hydrogen-bond acceptors (Lipinski definition) is 4. The first-order chi connectivity index (χ1) is 13.5. The molecule has 0 heterocycles. The smallest absolute Gasteiger partial charge is 0.387 e. The van der Waals surface area contributed by atoms with E-state index in [-0.39, 0.29) is 5.75 Å².